The van der Waals surface area contributed by atoms with E-state index in [0.717, 1.165) is 16.7 Å². The topological polar surface area (TPSA) is 76.2 Å². The molecule has 0 aliphatic rings. The number of carbonyl (C=O) groups excluding carboxylic acids is 1. The first-order chi connectivity index (χ1) is 15.2. The smallest absolute Gasteiger partial charge is 0.255 e. The van der Waals surface area contributed by atoms with E-state index in [1.54, 1.807) is 13.3 Å². The molecular formula is C25H23N3O3. The average Bonchev–Trinajstić information content (AvgIpc) is 3.33. The Balaban J connectivity index is 1.41. The fraction of sp³-hybridized carbons (Fsp3) is 0.120. The van der Waals surface area contributed by atoms with Crippen LogP contribution in [0.4, 0.5) is 0 Å². The summed E-state index contributed by atoms with van der Waals surface area (Å²) in [5, 5.41) is 9.89. The Labute approximate surface area is 180 Å². The van der Waals surface area contributed by atoms with Crippen molar-refractivity contribution < 1.29 is 14.3 Å². The van der Waals surface area contributed by atoms with Gasteiger partial charge in [-0.05, 0) is 23.3 Å². The zero-order valence-corrected chi connectivity index (χ0v) is 17.2. The lowest BCUT2D eigenvalue weighted by Crippen LogP contribution is -2.23. The second-order valence-electron chi connectivity index (χ2n) is 6.97. The van der Waals surface area contributed by atoms with Crippen molar-refractivity contribution in [3.05, 3.63) is 102 Å². The number of ether oxygens (including phenoxy) is 2. The van der Waals surface area contributed by atoms with E-state index in [4.69, 9.17) is 9.47 Å². The lowest BCUT2D eigenvalue weighted by atomic mass is 10.1. The summed E-state index contributed by atoms with van der Waals surface area (Å²) in [5.41, 5.74) is 4.09. The Bertz CT molecular complexity index is 1140. The Morgan fingerprint density at radius 3 is 2.42 bits per heavy atom. The second-order valence-corrected chi connectivity index (χ2v) is 6.97. The highest BCUT2D eigenvalue weighted by Gasteiger charge is 2.15. The number of hydrogen-bond acceptors (Lipinski definition) is 4. The van der Waals surface area contributed by atoms with Gasteiger partial charge in [-0.2, -0.15) is 5.10 Å². The van der Waals surface area contributed by atoms with Crippen LogP contribution in [0, 0.1) is 0 Å². The number of aromatic amines is 1. The summed E-state index contributed by atoms with van der Waals surface area (Å²) in [6, 6.07) is 25.2. The summed E-state index contributed by atoms with van der Waals surface area (Å²) >= 11 is 0. The highest BCUT2D eigenvalue weighted by Crippen LogP contribution is 2.29. The molecule has 1 heterocycles. The van der Waals surface area contributed by atoms with Crippen molar-refractivity contribution in [1.82, 2.24) is 15.5 Å². The van der Waals surface area contributed by atoms with Crippen molar-refractivity contribution >= 4 is 5.91 Å². The number of methoxy groups -OCH3 is 1. The van der Waals surface area contributed by atoms with Gasteiger partial charge < -0.3 is 14.8 Å². The van der Waals surface area contributed by atoms with E-state index in [1.165, 1.54) is 0 Å². The van der Waals surface area contributed by atoms with Crippen LogP contribution >= 0.6 is 0 Å². The maximum Gasteiger partial charge on any atom is 0.255 e. The highest BCUT2D eigenvalue weighted by molar-refractivity contribution is 5.99. The number of hydrogen-bond donors (Lipinski definition) is 2. The molecule has 0 saturated heterocycles. The molecule has 6 heteroatoms. The van der Waals surface area contributed by atoms with Crippen LogP contribution in [0.3, 0.4) is 0 Å². The first kappa shape index (κ1) is 20.2. The zero-order chi connectivity index (χ0) is 21.5. The molecule has 0 aliphatic carbocycles. The molecule has 0 fully saturated rings. The van der Waals surface area contributed by atoms with Gasteiger partial charge in [0.25, 0.3) is 5.91 Å². The molecule has 1 amide bonds. The molecule has 0 spiro atoms. The van der Waals surface area contributed by atoms with Crippen LogP contribution < -0.4 is 14.8 Å². The molecule has 3 aromatic carbocycles. The van der Waals surface area contributed by atoms with Gasteiger partial charge in [0.1, 0.15) is 6.61 Å². The van der Waals surface area contributed by atoms with Gasteiger partial charge >= 0.3 is 0 Å². The molecule has 0 bridgehead atoms. The van der Waals surface area contributed by atoms with Gasteiger partial charge in [0, 0.05) is 12.1 Å². The summed E-state index contributed by atoms with van der Waals surface area (Å²) in [4.78, 5) is 12.7. The minimum Gasteiger partial charge on any atom is -0.493 e. The van der Waals surface area contributed by atoms with E-state index in [2.05, 4.69) is 15.5 Å². The predicted octanol–water partition coefficient (Wildman–Crippen LogP) is 4.59. The molecule has 0 atom stereocenters. The maximum atomic E-state index is 12.7. The Kier molecular flexibility index (Phi) is 6.28. The van der Waals surface area contributed by atoms with Crippen LogP contribution in [0.25, 0.3) is 11.3 Å². The SMILES string of the molecule is COc1cc(CNC(=O)c2cn[nH]c2-c2ccccc2)ccc1OCc1ccccc1. The van der Waals surface area contributed by atoms with Gasteiger partial charge in [-0.3, -0.25) is 9.89 Å². The molecule has 0 aliphatic heterocycles. The molecule has 0 saturated carbocycles. The number of rotatable bonds is 8. The molecule has 4 aromatic rings. The summed E-state index contributed by atoms with van der Waals surface area (Å²) in [5.74, 6) is 1.08. The van der Waals surface area contributed by atoms with Crippen LogP contribution in [-0.4, -0.2) is 23.2 Å². The first-order valence-electron chi connectivity index (χ1n) is 9.95. The summed E-state index contributed by atoms with van der Waals surface area (Å²) in [6.07, 6.45) is 1.54. The summed E-state index contributed by atoms with van der Waals surface area (Å²) < 4.78 is 11.4. The molecule has 0 radical (unpaired) electrons. The number of aromatic nitrogens is 2. The van der Waals surface area contributed by atoms with Gasteiger partial charge in [0.2, 0.25) is 0 Å². The Hall–Kier alpha value is -4.06. The van der Waals surface area contributed by atoms with Crippen LogP contribution in [-0.2, 0) is 13.2 Å². The number of nitrogens with zero attached hydrogens (tertiary/aromatic N) is 1. The third kappa shape index (κ3) is 4.93. The van der Waals surface area contributed by atoms with E-state index in [1.807, 2.05) is 78.9 Å². The van der Waals surface area contributed by atoms with E-state index in [0.29, 0.717) is 35.9 Å². The van der Waals surface area contributed by atoms with E-state index in [-0.39, 0.29) is 5.91 Å². The highest BCUT2D eigenvalue weighted by atomic mass is 16.5. The third-order valence-electron chi connectivity index (χ3n) is 4.86. The van der Waals surface area contributed by atoms with Crippen molar-refractivity contribution in [2.75, 3.05) is 7.11 Å². The maximum absolute atomic E-state index is 12.7. The minimum atomic E-state index is -0.198. The predicted molar refractivity (Wildman–Crippen MR) is 119 cm³/mol. The summed E-state index contributed by atoms with van der Waals surface area (Å²) in [6.45, 7) is 0.809. The Morgan fingerprint density at radius 1 is 0.935 bits per heavy atom. The average molecular weight is 413 g/mol. The molecule has 1 aromatic heterocycles. The van der Waals surface area contributed by atoms with Crippen LogP contribution in [0.5, 0.6) is 11.5 Å². The van der Waals surface area contributed by atoms with Crippen molar-refractivity contribution in [2.24, 2.45) is 0 Å². The number of H-pyrrole nitrogens is 1. The Morgan fingerprint density at radius 2 is 1.68 bits per heavy atom. The molecule has 0 unspecified atom stereocenters. The van der Waals surface area contributed by atoms with Crippen molar-refractivity contribution in [3.8, 4) is 22.8 Å². The van der Waals surface area contributed by atoms with Crippen LogP contribution in [0.15, 0.2) is 85.1 Å². The van der Waals surface area contributed by atoms with Crippen molar-refractivity contribution in [1.29, 1.82) is 0 Å². The second kappa shape index (κ2) is 9.63. The van der Waals surface area contributed by atoms with Crippen LogP contribution in [0.1, 0.15) is 21.5 Å². The van der Waals surface area contributed by atoms with E-state index >= 15 is 0 Å². The quantitative estimate of drug-likeness (QED) is 0.443. The first-order valence-corrected chi connectivity index (χ1v) is 9.95. The normalized spacial score (nSPS) is 10.5. The molecule has 6 nitrogen and oxygen atoms in total. The monoisotopic (exact) mass is 413 g/mol. The largest absolute Gasteiger partial charge is 0.493 e. The van der Waals surface area contributed by atoms with Crippen molar-refractivity contribution in [2.45, 2.75) is 13.2 Å². The van der Waals surface area contributed by atoms with Gasteiger partial charge in [-0.15, -0.1) is 0 Å². The molecule has 4 rings (SSSR count). The number of benzene rings is 3. The van der Waals surface area contributed by atoms with Crippen molar-refractivity contribution in [3.63, 3.8) is 0 Å². The van der Waals surface area contributed by atoms with E-state index < -0.39 is 0 Å². The van der Waals surface area contributed by atoms with E-state index in [9.17, 15) is 4.79 Å². The summed E-state index contributed by atoms with van der Waals surface area (Å²) in [7, 11) is 1.60. The standard InChI is InChI=1S/C25H23N3O3/c1-30-23-14-19(12-13-22(23)31-17-18-8-4-2-5-9-18)15-26-25(29)21-16-27-28-24(21)20-10-6-3-7-11-20/h2-14,16H,15,17H2,1H3,(H,26,29)(H,27,28). The number of nitrogens with one attached hydrogen (secondary N) is 2. The fourth-order valence-corrected chi connectivity index (χ4v) is 3.24. The van der Waals surface area contributed by atoms with Gasteiger partial charge in [0.15, 0.2) is 11.5 Å². The lowest BCUT2D eigenvalue weighted by Gasteiger charge is -2.13. The fourth-order valence-electron chi connectivity index (χ4n) is 3.24. The molecule has 31 heavy (non-hydrogen) atoms. The lowest BCUT2D eigenvalue weighted by molar-refractivity contribution is 0.0951. The number of carbonyl (C=O) groups is 1. The van der Waals surface area contributed by atoms with Gasteiger partial charge in [0.05, 0.1) is 24.6 Å². The van der Waals surface area contributed by atoms with Crippen LogP contribution in [0.2, 0.25) is 0 Å². The minimum absolute atomic E-state index is 0.198. The zero-order valence-electron chi connectivity index (χ0n) is 17.2. The van der Waals surface area contributed by atoms with Gasteiger partial charge in [-0.1, -0.05) is 66.7 Å². The molecule has 2 N–H and O–H groups in total. The molecular weight excluding hydrogens is 390 g/mol. The third-order valence-corrected chi connectivity index (χ3v) is 4.86. The number of amides is 1. The van der Waals surface area contributed by atoms with Gasteiger partial charge in [-0.25, -0.2) is 0 Å². The molecule has 156 valence electrons.